The fraction of sp³-hybridized carbons (Fsp3) is 0.188. The van der Waals surface area contributed by atoms with Gasteiger partial charge in [0.15, 0.2) is 6.10 Å². The lowest BCUT2D eigenvalue weighted by molar-refractivity contribution is -0.206. The molecule has 116 valence electrons. The lowest BCUT2D eigenvalue weighted by Crippen LogP contribution is -2.20. The first-order valence-electron chi connectivity index (χ1n) is 6.38. The van der Waals surface area contributed by atoms with Gasteiger partial charge in [-0.2, -0.15) is 13.2 Å². The van der Waals surface area contributed by atoms with E-state index in [4.69, 9.17) is 5.11 Å². The first-order valence-corrected chi connectivity index (χ1v) is 6.38. The van der Waals surface area contributed by atoms with Crippen molar-refractivity contribution in [3.8, 4) is 11.1 Å². The number of carboxylic acid groups (broad SMARTS) is 1. The number of aliphatic hydroxyl groups excluding tert-OH is 1. The Bertz CT molecular complexity index is 691. The molecule has 0 spiro atoms. The fourth-order valence-corrected chi connectivity index (χ4v) is 2.03. The van der Waals surface area contributed by atoms with Gasteiger partial charge in [0.25, 0.3) is 0 Å². The summed E-state index contributed by atoms with van der Waals surface area (Å²) < 4.78 is 38.0. The summed E-state index contributed by atoms with van der Waals surface area (Å²) in [4.78, 5) is 11.1. The Balaban J connectivity index is 2.57. The van der Waals surface area contributed by atoms with Gasteiger partial charge in [0, 0.05) is 0 Å². The van der Waals surface area contributed by atoms with E-state index in [0.29, 0.717) is 11.1 Å². The van der Waals surface area contributed by atoms with Gasteiger partial charge in [-0.25, -0.2) is 4.79 Å². The molecule has 0 radical (unpaired) electrons. The molecule has 2 aromatic carbocycles. The highest BCUT2D eigenvalue weighted by atomic mass is 19.4. The van der Waals surface area contributed by atoms with Crippen molar-refractivity contribution in [2.24, 2.45) is 0 Å². The molecule has 0 heterocycles. The summed E-state index contributed by atoms with van der Waals surface area (Å²) >= 11 is 0. The maximum absolute atomic E-state index is 12.7. The smallest absolute Gasteiger partial charge is 0.418 e. The van der Waals surface area contributed by atoms with Crippen molar-refractivity contribution in [3.63, 3.8) is 0 Å². The van der Waals surface area contributed by atoms with Crippen LogP contribution in [0.4, 0.5) is 13.2 Å². The van der Waals surface area contributed by atoms with E-state index >= 15 is 0 Å². The number of hydrogen-bond donors (Lipinski definition) is 2. The summed E-state index contributed by atoms with van der Waals surface area (Å²) in [6.45, 7) is 1.86. The maximum atomic E-state index is 12.7. The normalized spacial score (nSPS) is 13.0. The first kappa shape index (κ1) is 16.0. The largest absolute Gasteiger partial charge is 0.478 e. The number of carbonyl (C=O) groups is 1. The number of aliphatic hydroxyl groups is 1. The van der Waals surface area contributed by atoms with Crippen molar-refractivity contribution in [2.75, 3.05) is 0 Å². The molecule has 0 bridgehead atoms. The maximum Gasteiger partial charge on any atom is 0.418 e. The van der Waals surface area contributed by atoms with Gasteiger partial charge in [0.2, 0.25) is 0 Å². The van der Waals surface area contributed by atoms with Gasteiger partial charge in [0.05, 0.1) is 5.56 Å². The lowest BCUT2D eigenvalue weighted by atomic mass is 9.96. The third-order valence-electron chi connectivity index (χ3n) is 3.21. The van der Waals surface area contributed by atoms with E-state index in [1.807, 2.05) is 6.92 Å². The SMILES string of the molecule is Cc1ccc(-c2cc(C(=O)O)cc(C(O)C(F)(F)F)c2)cc1. The van der Waals surface area contributed by atoms with Crippen LogP contribution in [-0.2, 0) is 0 Å². The van der Waals surface area contributed by atoms with Gasteiger partial charge < -0.3 is 10.2 Å². The molecule has 2 rings (SSSR count). The van der Waals surface area contributed by atoms with Crippen LogP contribution in [0.15, 0.2) is 42.5 Å². The van der Waals surface area contributed by atoms with Crippen molar-refractivity contribution in [3.05, 3.63) is 59.2 Å². The van der Waals surface area contributed by atoms with Crippen LogP contribution in [0.1, 0.15) is 27.6 Å². The molecule has 2 aromatic rings. The number of carboxylic acids is 1. The van der Waals surface area contributed by atoms with Crippen LogP contribution in [0, 0.1) is 6.92 Å². The summed E-state index contributed by atoms with van der Waals surface area (Å²) in [5.41, 5.74) is 1.04. The number of hydrogen-bond acceptors (Lipinski definition) is 2. The van der Waals surface area contributed by atoms with Crippen LogP contribution >= 0.6 is 0 Å². The molecule has 0 aromatic heterocycles. The van der Waals surface area contributed by atoms with Crippen LogP contribution in [0.5, 0.6) is 0 Å². The zero-order chi connectivity index (χ0) is 16.5. The molecule has 6 heteroatoms. The average Bonchev–Trinajstić information content (AvgIpc) is 2.45. The van der Waals surface area contributed by atoms with E-state index in [0.717, 1.165) is 17.7 Å². The van der Waals surface area contributed by atoms with Crippen LogP contribution < -0.4 is 0 Å². The van der Waals surface area contributed by atoms with Crippen molar-refractivity contribution in [1.82, 2.24) is 0 Å². The molecular formula is C16H13F3O3. The topological polar surface area (TPSA) is 57.5 Å². The molecule has 1 atom stereocenters. The Labute approximate surface area is 124 Å². The minimum Gasteiger partial charge on any atom is -0.478 e. The number of benzene rings is 2. The average molecular weight is 310 g/mol. The Morgan fingerprint density at radius 2 is 1.64 bits per heavy atom. The van der Waals surface area contributed by atoms with Gasteiger partial charge >= 0.3 is 12.1 Å². The van der Waals surface area contributed by atoms with Gasteiger partial charge in [-0.1, -0.05) is 29.8 Å². The van der Waals surface area contributed by atoms with Crippen LogP contribution in [0.25, 0.3) is 11.1 Å². The quantitative estimate of drug-likeness (QED) is 0.902. The Hall–Kier alpha value is -2.34. The van der Waals surface area contributed by atoms with Gasteiger partial charge in [-0.15, -0.1) is 0 Å². The predicted octanol–water partition coefficient (Wildman–Crippen LogP) is 3.96. The van der Waals surface area contributed by atoms with E-state index in [9.17, 15) is 23.1 Å². The van der Waals surface area contributed by atoms with Crippen LogP contribution in [0.2, 0.25) is 0 Å². The summed E-state index contributed by atoms with van der Waals surface area (Å²) in [7, 11) is 0. The number of alkyl halides is 3. The molecule has 0 aliphatic heterocycles. The highest BCUT2D eigenvalue weighted by molar-refractivity contribution is 5.90. The monoisotopic (exact) mass is 310 g/mol. The molecule has 0 aliphatic rings. The third-order valence-corrected chi connectivity index (χ3v) is 3.21. The number of aromatic carboxylic acids is 1. The number of aryl methyl sites for hydroxylation is 1. The Kier molecular flexibility index (Phi) is 4.23. The van der Waals surface area contributed by atoms with Crippen molar-refractivity contribution < 1.29 is 28.2 Å². The Morgan fingerprint density at radius 3 is 2.14 bits per heavy atom. The van der Waals surface area contributed by atoms with Crippen LogP contribution in [0.3, 0.4) is 0 Å². The van der Waals surface area contributed by atoms with Gasteiger partial charge in [-0.05, 0) is 41.8 Å². The van der Waals surface area contributed by atoms with E-state index in [-0.39, 0.29) is 5.56 Å². The first-order chi connectivity index (χ1) is 10.2. The van der Waals surface area contributed by atoms with E-state index in [1.165, 1.54) is 6.07 Å². The van der Waals surface area contributed by atoms with Crippen LogP contribution in [-0.4, -0.2) is 22.4 Å². The second-order valence-corrected chi connectivity index (χ2v) is 4.96. The lowest BCUT2D eigenvalue weighted by Gasteiger charge is -2.16. The van der Waals surface area contributed by atoms with Gasteiger partial charge in [-0.3, -0.25) is 0 Å². The molecule has 0 fully saturated rings. The molecule has 0 saturated heterocycles. The minimum absolute atomic E-state index is 0.304. The molecule has 0 saturated carbocycles. The zero-order valence-corrected chi connectivity index (χ0v) is 11.6. The fourth-order valence-electron chi connectivity index (χ4n) is 2.03. The molecule has 2 N–H and O–H groups in total. The summed E-state index contributed by atoms with van der Waals surface area (Å²) in [5, 5.41) is 18.4. The summed E-state index contributed by atoms with van der Waals surface area (Å²) in [6, 6.07) is 10.2. The Morgan fingerprint density at radius 1 is 1.05 bits per heavy atom. The molecule has 0 aliphatic carbocycles. The zero-order valence-electron chi connectivity index (χ0n) is 11.6. The van der Waals surface area contributed by atoms with Crippen molar-refractivity contribution in [1.29, 1.82) is 0 Å². The van der Waals surface area contributed by atoms with E-state index < -0.39 is 23.8 Å². The second-order valence-electron chi connectivity index (χ2n) is 4.96. The summed E-state index contributed by atoms with van der Waals surface area (Å²) in [6.07, 6.45) is -7.59. The number of rotatable bonds is 3. The van der Waals surface area contributed by atoms with Crippen molar-refractivity contribution >= 4 is 5.97 Å². The highest BCUT2D eigenvalue weighted by Gasteiger charge is 2.39. The molecule has 22 heavy (non-hydrogen) atoms. The standard InChI is InChI=1S/C16H13F3O3/c1-9-2-4-10(5-3-9)11-6-12(14(20)16(17,18)19)8-13(7-11)15(21)22/h2-8,14,20H,1H3,(H,21,22). The van der Waals surface area contributed by atoms with Gasteiger partial charge in [0.1, 0.15) is 0 Å². The minimum atomic E-state index is -4.86. The summed E-state index contributed by atoms with van der Waals surface area (Å²) in [5.74, 6) is -1.36. The third kappa shape index (κ3) is 3.46. The van der Waals surface area contributed by atoms with E-state index in [2.05, 4.69) is 0 Å². The van der Waals surface area contributed by atoms with E-state index in [1.54, 1.807) is 24.3 Å². The molecular weight excluding hydrogens is 297 g/mol. The van der Waals surface area contributed by atoms with Crippen molar-refractivity contribution in [2.45, 2.75) is 19.2 Å². The molecule has 0 amide bonds. The highest BCUT2D eigenvalue weighted by Crippen LogP contribution is 2.35. The number of halogens is 3. The predicted molar refractivity (Wildman–Crippen MR) is 74.6 cm³/mol. The molecule has 1 unspecified atom stereocenters. The molecule has 3 nitrogen and oxygen atoms in total. The second kappa shape index (κ2) is 5.81.